The van der Waals surface area contributed by atoms with Crippen LogP contribution in [0.3, 0.4) is 0 Å². The number of aromatic amines is 1. The zero-order chi connectivity index (χ0) is 7.84. The fourth-order valence-corrected chi connectivity index (χ4v) is 1.18. The van der Waals surface area contributed by atoms with Crippen LogP contribution in [0.2, 0.25) is 5.02 Å². The van der Waals surface area contributed by atoms with Crippen molar-refractivity contribution in [1.82, 2.24) is 10.2 Å². The van der Waals surface area contributed by atoms with Gasteiger partial charge in [-0.15, -0.1) is 0 Å². The van der Waals surface area contributed by atoms with Crippen LogP contribution in [-0.4, -0.2) is 10.2 Å². The van der Waals surface area contributed by atoms with Crippen LogP contribution in [0, 0.1) is 5.82 Å². The molecule has 2 nitrogen and oxygen atoms in total. The topological polar surface area (TPSA) is 28.7 Å². The predicted molar refractivity (Wildman–Crippen MR) is 41.1 cm³/mol. The van der Waals surface area contributed by atoms with Gasteiger partial charge in [-0.05, 0) is 12.1 Å². The molecule has 56 valence electrons. The summed E-state index contributed by atoms with van der Waals surface area (Å²) >= 11 is 5.59. The Morgan fingerprint density at radius 1 is 1.45 bits per heavy atom. The average Bonchev–Trinajstić information content (AvgIpc) is 2.34. The Balaban J connectivity index is 2.91. The number of fused-ring (bicyclic) bond motifs is 1. The number of nitrogens with one attached hydrogen (secondary N) is 1. The van der Waals surface area contributed by atoms with E-state index in [9.17, 15) is 4.39 Å². The van der Waals surface area contributed by atoms with Crippen molar-refractivity contribution in [3.8, 4) is 0 Å². The van der Waals surface area contributed by atoms with Gasteiger partial charge in [0, 0.05) is 5.02 Å². The lowest BCUT2D eigenvalue weighted by Gasteiger charge is -1.91. The fourth-order valence-electron chi connectivity index (χ4n) is 0.975. The lowest BCUT2D eigenvalue weighted by atomic mass is 10.2. The van der Waals surface area contributed by atoms with Gasteiger partial charge in [-0.25, -0.2) is 4.39 Å². The highest BCUT2D eigenvalue weighted by molar-refractivity contribution is 6.31. The maximum Gasteiger partial charge on any atom is 0.135 e. The Morgan fingerprint density at radius 3 is 3.09 bits per heavy atom. The van der Waals surface area contributed by atoms with Crippen molar-refractivity contribution in [3.05, 3.63) is 29.2 Å². The van der Waals surface area contributed by atoms with E-state index < -0.39 is 0 Å². The van der Waals surface area contributed by atoms with Crippen molar-refractivity contribution >= 4 is 22.5 Å². The molecule has 0 bridgehead atoms. The maximum atomic E-state index is 12.9. The number of nitrogens with zero attached hydrogens (tertiary/aromatic N) is 1. The van der Waals surface area contributed by atoms with E-state index in [-0.39, 0.29) is 5.82 Å². The molecule has 0 aliphatic rings. The molecule has 1 aromatic heterocycles. The van der Waals surface area contributed by atoms with Crippen molar-refractivity contribution in [2.45, 2.75) is 0 Å². The summed E-state index contributed by atoms with van der Waals surface area (Å²) in [4.78, 5) is 0. The zero-order valence-electron chi connectivity index (χ0n) is 5.44. The number of rotatable bonds is 0. The Kier molecular flexibility index (Phi) is 1.32. The van der Waals surface area contributed by atoms with Crippen LogP contribution < -0.4 is 0 Å². The van der Waals surface area contributed by atoms with Crippen molar-refractivity contribution in [2.75, 3.05) is 0 Å². The van der Waals surface area contributed by atoms with Crippen LogP contribution in [0.25, 0.3) is 10.9 Å². The van der Waals surface area contributed by atoms with Gasteiger partial charge in [-0.3, -0.25) is 5.10 Å². The molecular formula is C7H4ClFN2. The second kappa shape index (κ2) is 2.20. The van der Waals surface area contributed by atoms with Gasteiger partial charge in [0.15, 0.2) is 0 Å². The molecule has 0 spiro atoms. The minimum Gasteiger partial charge on any atom is -0.278 e. The third-order valence-corrected chi connectivity index (χ3v) is 1.69. The van der Waals surface area contributed by atoms with Crippen LogP contribution in [0.4, 0.5) is 4.39 Å². The first kappa shape index (κ1) is 6.61. The molecule has 0 saturated carbocycles. The van der Waals surface area contributed by atoms with E-state index in [4.69, 9.17) is 11.6 Å². The van der Waals surface area contributed by atoms with Crippen LogP contribution in [0.5, 0.6) is 0 Å². The molecule has 2 rings (SSSR count). The minimum absolute atomic E-state index is 0.346. The minimum atomic E-state index is -0.346. The van der Waals surface area contributed by atoms with E-state index >= 15 is 0 Å². The van der Waals surface area contributed by atoms with Crippen molar-refractivity contribution in [3.63, 3.8) is 0 Å². The highest BCUT2D eigenvalue weighted by atomic mass is 35.5. The Bertz CT molecular complexity index is 396. The summed E-state index contributed by atoms with van der Waals surface area (Å²) in [6.07, 6.45) is 1.43. The van der Waals surface area contributed by atoms with Crippen LogP contribution in [0.1, 0.15) is 0 Å². The Hall–Kier alpha value is -1.09. The molecule has 1 heterocycles. The third-order valence-electron chi connectivity index (χ3n) is 1.47. The molecule has 0 aliphatic carbocycles. The van der Waals surface area contributed by atoms with Crippen LogP contribution in [0.15, 0.2) is 18.3 Å². The second-order valence-electron chi connectivity index (χ2n) is 2.22. The van der Waals surface area contributed by atoms with Gasteiger partial charge in [-0.1, -0.05) is 11.6 Å². The van der Waals surface area contributed by atoms with Crippen molar-refractivity contribution in [2.24, 2.45) is 0 Å². The number of hydrogen-bond acceptors (Lipinski definition) is 1. The number of aromatic nitrogens is 2. The van der Waals surface area contributed by atoms with Gasteiger partial charge < -0.3 is 0 Å². The standard InChI is InChI=1S/C7H4ClFN2/c8-4-1-6(9)5-3-10-11-7(5)2-4/h1-3H,(H,10,11). The molecule has 0 aliphatic heterocycles. The SMILES string of the molecule is Fc1cc(Cl)cc2[nH]ncc12. The molecular weight excluding hydrogens is 167 g/mol. The zero-order valence-corrected chi connectivity index (χ0v) is 6.19. The molecule has 0 fully saturated rings. The van der Waals surface area contributed by atoms with Gasteiger partial charge in [0.05, 0.1) is 17.1 Å². The summed E-state index contributed by atoms with van der Waals surface area (Å²) in [6.45, 7) is 0. The monoisotopic (exact) mass is 170 g/mol. The molecule has 0 unspecified atom stereocenters. The first-order valence-corrected chi connectivity index (χ1v) is 3.43. The lowest BCUT2D eigenvalue weighted by molar-refractivity contribution is 0.640. The Morgan fingerprint density at radius 2 is 2.27 bits per heavy atom. The summed E-state index contributed by atoms with van der Waals surface area (Å²) in [6, 6.07) is 2.90. The van der Waals surface area contributed by atoms with E-state index in [1.165, 1.54) is 12.3 Å². The van der Waals surface area contributed by atoms with Gasteiger partial charge in [0.25, 0.3) is 0 Å². The molecule has 0 amide bonds. The normalized spacial score (nSPS) is 10.7. The lowest BCUT2D eigenvalue weighted by Crippen LogP contribution is -1.75. The Labute approximate surface area is 67.0 Å². The van der Waals surface area contributed by atoms with E-state index in [0.29, 0.717) is 15.9 Å². The predicted octanol–water partition coefficient (Wildman–Crippen LogP) is 2.36. The molecule has 11 heavy (non-hydrogen) atoms. The van der Waals surface area contributed by atoms with Crippen LogP contribution >= 0.6 is 11.6 Å². The van der Waals surface area contributed by atoms with Gasteiger partial charge in [-0.2, -0.15) is 5.10 Å². The smallest absolute Gasteiger partial charge is 0.135 e. The van der Waals surface area contributed by atoms with Crippen molar-refractivity contribution < 1.29 is 4.39 Å². The molecule has 0 atom stereocenters. The summed E-state index contributed by atoms with van der Waals surface area (Å²) in [7, 11) is 0. The fraction of sp³-hybridized carbons (Fsp3) is 0. The first-order valence-electron chi connectivity index (χ1n) is 3.05. The second-order valence-corrected chi connectivity index (χ2v) is 2.66. The van der Waals surface area contributed by atoms with E-state index in [1.54, 1.807) is 6.07 Å². The van der Waals surface area contributed by atoms with E-state index in [1.807, 2.05) is 0 Å². The molecule has 2 aromatic rings. The summed E-state index contributed by atoms with van der Waals surface area (Å²) < 4.78 is 12.9. The number of hydrogen-bond donors (Lipinski definition) is 1. The number of halogens is 2. The van der Waals surface area contributed by atoms with Gasteiger partial charge >= 0.3 is 0 Å². The van der Waals surface area contributed by atoms with Crippen molar-refractivity contribution in [1.29, 1.82) is 0 Å². The summed E-state index contributed by atoms with van der Waals surface area (Å²) in [5, 5.41) is 7.15. The molecule has 1 N–H and O–H groups in total. The van der Waals surface area contributed by atoms with E-state index in [2.05, 4.69) is 10.2 Å². The molecule has 0 saturated heterocycles. The summed E-state index contributed by atoms with van der Waals surface area (Å²) in [5.74, 6) is -0.346. The highest BCUT2D eigenvalue weighted by Crippen LogP contribution is 2.20. The number of benzene rings is 1. The average molecular weight is 171 g/mol. The molecule has 1 aromatic carbocycles. The number of H-pyrrole nitrogens is 1. The quantitative estimate of drug-likeness (QED) is 0.646. The summed E-state index contributed by atoms with van der Waals surface area (Å²) in [5.41, 5.74) is 0.620. The first-order chi connectivity index (χ1) is 5.27. The van der Waals surface area contributed by atoms with E-state index in [0.717, 1.165) is 0 Å². The van der Waals surface area contributed by atoms with Crippen LogP contribution in [-0.2, 0) is 0 Å². The molecule has 0 radical (unpaired) electrons. The molecule has 4 heteroatoms. The third kappa shape index (κ3) is 0.973. The largest absolute Gasteiger partial charge is 0.278 e. The van der Waals surface area contributed by atoms with Gasteiger partial charge in [0.1, 0.15) is 5.82 Å². The maximum absolute atomic E-state index is 12.9. The highest BCUT2D eigenvalue weighted by Gasteiger charge is 2.02. The van der Waals surface area contributed by atoms with Gasteiger partial charge in [0.2, 0.25) is 0 Å².